The van der Waals surface area contributed by atoms with Crippen molar-refractivity contribution >= 4 is 11.4 Å². The molecule has 5 heteroatoms. The molecule has 0 unspecified atom stereocenters. The van der Waals surface area contributed by atoms with Gasteiger partial charge in [-0.3, -0.25) is 15.0 Å². The second-order valence-corrected chi connectivity index (χ2v) is 4.58. The van der Waals surface area contributed by atoms with E-state index in [1.165, 1.54) is 18.9 Å². The van der Waals surface area contributed by atoms with Crippen LogP contribution < -0.4 is 5.32 Å². The highest BCUT2D eigenvalue weighted by Crippen LogP contribution is 2.24. The van der Waals surface area contributed by atoms with Crippen LogP contribution in [0, 0.1) is 10.1 Å². The summed E-state index contributed by atoms with van der Waals surface area (Å²) < 4.78 is 0. The second kappa shape index (κ2) is 5.82. The number of nitro groups is 1. The Morgan fingerprint density at radius 2 is 2.28 bits per heavy atom. The first-order valence-corrected chi connectivity index (χ1v) is 6.43. The SMILES string of the molecule is CCN1CCC[C@H]1CNc1ccccc1[N+](=O)[O-]. The minimum absolute atomic E-state index is 0.151. The van der Waals surface area contributed by atoms with Crippen molar-refractivity contribution in [3.63, 3.8) is 0 Å². The molecule has 1 atom stereocenters. The van der Waals surface area contributed by atoms with E-state index in [2.05, 4.69) is 17.1 Å². The molecule has 1 N–H and O–H groups in total. The number of hydrogen-bond acceptors (Lipinski definition) is 4. The number of nitrogens with one attached hydrogen (secondary N) is 1. The summed E-state index contributed by atoms with van der Waals surface area (Å²) >= 11 is 0. The first-order chi connectivity index (χ1) is 8.72. The lowest BCUT2D eigenvalue weighted by Gasteiger charge is -2.23. The van der Waals surface area contributed by atoms with Gasteiger partial charge in [-0.05, 0) is 32.0 Å². The molecule has 0 aliphatic carbocycles. The number of hydrogen-bond donors (Lipinski definition) is 1. The van der Waals surface area contributed by atoms with Gasteiger partial charge in [-0.2, -0.15) is 0 Å². The van der Waals surface area contributed by atoms with Crippen LogP contribution in [0.5, 0.6) is 0 Å². The van der Waals surface area contributed by atoms with Gasteiger partial charge in [0.25, 0.3) is 5.69 Å². The zero-order valence-electron chi connectivity index (χ0n) is 10.6. The Kier molecular flexibility index (Phi) is 4.15. The molecular formula is C13H19N3O2. The third kappa shape index (κ3) is 2.79. The summed E-state index contributed by atoms with van der Waals surface area (Å²) in [4.78, 5) is 13.0. The average molecular weight is 249 g/mol. The molecule has 2 rings (SSSR count). The van der Waals surface area contributed by atoms with Crippen LogP contribution in [-0.2, 0) is 0 Å². The molecule has 1 aromatic rings. The number of para-hydroxylation sites is 2. The monoisotopic (exact) mass is 249 g/mol. The van der Waals surface area contributed by atoms with Gasteiger partial charge in [0.2, 0.25) is 0 Å². The van der Waals surface area contributed by atoms with Crippen LogP contribution >= 0.6 is 0 Å². The number of rotatable bonds is 5. The maximum atomic E-state index is 10.9. The Balaban J connectivity index is 2.00. The first kappa shape index (κ1) is 12.8. The highest BCUT2D eigenvalue weighted by molar-refractivity contribution is 5.61. The summed E-state index contributed by atoms with van der Waals surface area (Å²) in [6.45, 7) is 5.12. The van der Waals surface area contributed by atoms with E-state index in [4.69, 9.17) is 0 Å². The smallest absolute Gasteiger partial charge is 0.292 e. The van der Waals surface area contributed by atoms with Gasteiger partial charge in [-0.15, -0.1) is 0 Å². The molecular weight excluding hydrogens is 230 g/mol. The van der Waals surface area contributed by atoms with Crippen molar-refractivity contribution < 1.29 is 4.92 Å². The highest BCUT2D eigenvalue weighted by Gasteiger charge is 2.23. The van der Waals surface area contributed by atoms with Crippen LogP contribution in [0.2, 0.25) is 0 Å². The van der Waals surface area contributed by atoms with Gasteiger partial charge >= 0.3 is 0 Å². The minimum atomic E-state index is -0.339. The third-order valence-corrected chi connectivity index (χ3v) is 3.53. The molecule has 1 aliphatic heterocycles. The summed E-state index contributed by atoms with van der Waals surface area (Å²) in [5.74, 6) is 0. The Bertz CT molecular complexity index is 422. The molecule has 0 amide bonds. The van der Waals surface area contributed by atoms with Crippen molar-refractivity contribution in [2.24, 2.45) is 0 Å². The van der Waals surface area contributed by atoms with Crippen molar-refractivity contribution in [1.82, 2.24) is 4.90 Å². The Morgan fingerprint density at radius 3 is 3.00 bits per heavy atom. The van der Waals surface area contributed by atoms with E-state index in [1.54, 1.807) is 12.1 Å². The van der Waals surface area contributed by atoms with E-state index in [1.807, 2.05) is 6.07 Å². The Labute approximate surface area is 107 Å². The van der Waals surface area contributed by atoms with E-state index < -0.39 is 0 Å². The van der Waals surface area contributed by atoms with Crippen LogP contribution in [0.25, 0.3) is 0 Å². The lowest BCUT2D eigenvalue weighted by Crippen LogP contribution is -2.34. The number of nitrogens with zero attached hydrogens (tertiary/aromatic N) is 2. The largest absolute Gasteiger partial charge is 0.378 e. The van der Waals surface area contributed by atoms with Crippen molar-refractivity contribution in [3.05, 3.63) is 34.4 Å². The van der Waals surface area contributed by atoms with Crippen LogP contribution in [-0.4, -0.2) is 35.5 Å². The molecule has 1 aliphatic rings. The van der Waals surface area contributed by atoms with E-state index in [0.717, 1.165) is 19.6 Å². The van der Waals surface area contributed by atoms with Gasteiger partial charge in [-0.1, -0.05) is 19.1 Å². The normalized spacial score (nSPS) is 19.9. The van der Waals surface area contributed by atoms with Crippen molar-refractivity contribution in [1.29, 1.82) is 0 Å². The topological polar surface area (TPSA) is 58.4 Å². The molecule has 1 saturated heterocycles. The number of nitro benzene ring substituents is 1. The summed E-state index contributed by atoms with van der Waals surface area (Å²) in [6.07, 6.45) is 2.39. The van der Waals surface area contributed by atoms with Crippen LogP contribution in [0.4, 0.5) is 11.4 Å². The molecule has 18 heavy (non-hydrogen) atoms. The molecule has 1 heterocycles. The zero-order valence-corrected chi connectivity index (χ0v) is 10.6. The number of benzene rings is 1. The summed E-state index contributed by atoms with van der Waals surface area (Å²) in [5, 5.41) is 14.1. The summed E-state index contributed by atoms with van der Waals surface area (Å²) in [5.41, 5.74) is 0.768. The average Bonchev–Trinajstić information content (AvgIpc) is 2.84. The van der Waals surface area contributed by atoms with E-state index in [9.17, 15) is 10.1 Å². The maximum absolute atomic E-state index is 10.9. The summed E-state index contributed by atoms with van der Waals surface area (Å²) in [7, 11) is 0. The highest BCUT2D eigenvalue weighted by atomic mass is 16.6. The fraction of sp³-hybridized carbons (Fsp3) is 0.538. The predicted octanol–water partition coefficient (Wildman–Crippen LogP) is 2.49. The predicted molar refractivity (Wildman–Crippen MR) is 71.9 cm³/mol. The van der Waals surface area contributed by atoms with Gasteiger partial charge in [0.15, 0.2) is 0 Å². The molecule has 0 spiro atoms. The van der Waals surface area contributed by atoms with Crippen LogP contribution in [0.15, 0.2) is 24.3 Å². The fourth-order valence-electron chi connectivity index (χ4n) is 2.55. The summed E-state index contributed by atoms with van der Waals surface area (Å²) in [6, 6.07) is 7.31. The van der Waals surface area contributed by atoms with Gasteiger partial charge in [0.1, 0.15) is 5.69 Å². The fourth-order valence-corrected chi connectivity index (χ4v) is 2.55. The zero-order chi connectivity index (χ0) is 13.0. The number of likely N-dealkylation sites (tertiary alicyclic amines) is 1. The third-order valence-electron chi connectivity index (χ3n) is 3.53. The van der Waals surface area contributed by atoms with Crippen molar-refractivity contribution in [2.75, 3.05) is 25.0 Å². The molecule has 98 valence electrons. The second-order valence-electron chi connectivity index (χ2n) is 4.58. The number of anilines is 1. The van der Waals surface area contributed by atoms with Gasteiger partial charge < -0.3 is 5.32 Å². The van der Waals surface area contributed by atoms with E-state index in [-0.39, 0.29) is 10.6 Å². The van der Waals surface area contributed by atoms with Crippen LogP contribution in [0.1, 0.15) is 19.8 Å². The standard InChI is InChI=1S/C13H19N3O2/c1-2-15-9-5-6-11(15)10-14-12-7-3-4-8-13(12)16(17)18/h3-4,7-8,11,14H,2,5-6,9-10H2,1H3/t11-/m0/s1. The molecule has 0 radical (unpaired) electrons. The van der Waals surface area contributed by atoms with Crippen molar-refractivity contribution in [2.45, 2.75) is 25.8 Å². The lowest BCUT2D eigenvalue weighted by atomic mass is 10.2. The van der Waals surface area contributed by atoms with Gasteiger partial charge in [-0.25, -0.2) is 0 Å². The maximum Gasteiger partial charge on any atom is 0.292 e. The first-order valence-electron chi connectivity index (χ1n) is 6.43. The van der Waals surface area contributed by atoms with E-state index in [0.29, 0.717) is 11.7 Å². The molecule has 0 saturated carbocycles. The molecule has 5 nitrogen and oxygen atoms in total. The Hall–Kier alpha value is -1.62. The Morgan fingerprint density at radius 1 is 1.50 bits per heavy atom. The minimum Gasteiger partial charge on any atom is -0.378 e. The van der Waals surface area contributed by atoms with Crippen LogP contribution in [0.3, 0.4) is 0 Å². The van der Waals surface area contributed by atoms with Crippen molar-refractivity contribution in [3.8, 4) is 0 Å². The lowest BCUT2D eigenvalue weighted by molar-refractivity contribution is -0.384. The van der Waals surface area contributed by atoms with Gasteiger partial charge in [0.05, 0.1) is 4.92 Å². The van der Waals surface area contributed by atoms with E-state index >= 15 is 0 Å². The molecule has 1 fully saturated rings. The molecule has 0 aromatic heterocycles. The number of likely N-dealkylation sites (N-methyl/N-ethyl adjacent to an activating group) is 1. The van der Waals surface area contributed by atoms with Gasteiger partial charge in [0, 0.05) is 18.7 Å². The quantitative estimate of drug-likeness (QED) is 0.643. The molecule has 0 bridgehead atoms. The molecule has 1 aromatic carbocycles.